The van der Waals surface area contributed by atoms with Gasteiger partial charge in [0.2, 0.25) is 5.75 Å². The van der Waals surface area contributed by atoms with Crippen LogP contribution in [0.1, 0.15) is 50.0 Å². The van der Waals surface area contributed by atoms with Crippen molar-refractivity contribution in [1.82, 2.24) is 14.9 Å². The van der Waals surface area contributed by atoms with Gasteiger partial charge in [0.15, 0.2) is 5.69 Å². The SMILES string of the molecule is COC(=O)c1nc(C(COC/C=C\COC(C)=O)N(C)C(=O)OC(C)(C)C)[nH]c(=O)c1OS(=O)(=O)c1ccc(Br)cc1. The highest BCUT2D eigenvalue weighted by atomic mass is 79.9. The zero-order chi connectivity index (χ0) is 31.7. The van der Waals surface area contributed by atoms with Gasteiger partial charge in [-0.05, 0) is 51.1 Å². The number of ether oxygens (including phenoxy) is 4. The molecule has 42 heavy (non-hydrogen) atoms. The molecule has 0 aliphatic carbocycles. The first kappa shape index (κ1) is 34.4. The van der Waals surface area contributed by atoms with E-state index in [1.807, 2.05) is 0 Å². The summed E-state index contributed by atoms with van der Waals surface area (Å²) in [5.74, 6) is -2.79. The molecule has 0 fully saturated rings. The number of aromatic amines is 1. The Morgan fingerprint density at radius 1 is 1.12 bits per heavy atom. The largest absolute Gasteiger partial charge is 0.464 e. The van der Waals surface area contributed by atoms with Crippen LogP contribution in [0.15, 0.2) is 50.6 Å². The molecule has 2 rings (SSSR count). The second-order valence-electron chi connectivity index (χ2n) is 9.53. The predicted octanol–water partition coefficient (Wildman–Crippen LogP) is 3.13. The number of nitrogens with one attached hydrogen (secondary N) is 1. The number of methoxy groups -OCH3 is 1. The highest BCUT2D eigenvalue weighted by molar-refractivity contribution is 9.10. The van der Waals surface area contributed by atoms with Crippen LogP contribution in [-0.2, 0) is 33.9 Å². The molecule has 0 aliphatic heterocycles. The highest BCUT2D eigenvalue weighted by Crippen LogP contribution is 2.24. The van der Waals surface area contributed by atoms with Crippen LogP contribution in [0, 0.1) is 0 Å². The molecule has 1 amide bonds. The minimum Gasteiger partial charge on any atom is -0.464 e. The van der Waals surface area contributed by atoms with E-state index in [4.69, 9.17) is 23.1 Å². The Hall–Kier alpha value is -3.76. The molecule has 0 spiro atoms. The lowest BCUT2D eigenvalue weighted by molar-refractivity contribution is -0.139. The van der Waals surface area contributed by atoms with E-state index in [2.05, 4.69) is 25.9 Å². The van der Waals surface area contributed by atoms with Gasteiger partial charge >= 0.3 is 28.1 Å². The number of carbonyl (C=O) groups is 3. The summed E-state index contributed by atoms with van der Waals surface area (Å²) in [6.45, 7) is 6.03. The maximum Gasteiger partial charge on any atom is 0.410 e. The lowest BCUT2D eigenvalue weighted by atomic mass is 10.2. The Morgan fingerprint density at radius 3 is 2.31 bits per heavy atom. The number of rotatable bonds is 12. The maximum absolute atomic E-state index is 13.1. The number of hydrogen-bond donors (Lipinski definition) is 1. The smallest absolute Gasteiger partial charge is 0.410 e. The van der Waals surface area contributed by atoms with Gasteiger partial charge in [0.05, 0.1) is 20.3 Å². The number of nitrogens with zero attached hydrogens (tertiary/aromatic N) is 2. The zero-order valence-corrected chi connectivity index (χ0v) is 26.2. The van der Waals surface area contributed by atoms with Gasteiger partial charge in [-0.1, -0.05) is 22.0 Å². The molecule has 0 saturated heterocycles. The minimum absolute atomic E-state index is 0.0145. The Labute approximate surface area is 251 Å². The van der Waals surface area contributed by atoms with E-state index in [9.17, 15) is 27.6 Å². The third-order valence-electron chi connectivity index (χ3n) is 5.07. The second kappa shape index (κ2) is 14.9. The number of carbonyl (C=O) groups excluding carboxylic acids is 3. The van der Waals surface area contributed by atoms with Crippen LogP contribution >= 0.6 is 15.9 Å². The number of benzene rings is 1. The Bertz CT molecular complexity index is 1470. The van der Waals surface area contributed by atoms with Gasteiger partial charge < -0.3 is 28.1 Å². The van der Waals surface area contributed by atoms with Crippen LogP contribution in [0.5, 0.6) is 5.75 Å². The number of likely N-dealkylation sites (N-methyl/N-ethyl adjacent to an activating group) is 1. The van der Waals surface area contributed by atoms with E-state index >= 15 is 0 Å². The Kier molecular flexibility index (Phi) is 12.2. The summed E-state index contributed by atoms with van der Waals surface area (Å²) in [4.78, 5) is 56.8. The number of esters is 2. The van der Waals surface area contributed by atoms with E-state index < -0.39 is 56.8 Å². The molecular formula is C26H32BrN3O11S. The molecule has 1 atom stereocenters. The lowest BCUT2D eigenvalue weighted by Gasteiger charge is -2.30. The quantitative estimate of drug-likeness (QED) is 0.114. The minimum atomic E-state index is -4.57. The first-order valence-corrected chi connectivity index (χ1v) is 14.5. The molecule has 0 radical (unpaired) electrons. The molecule has 1 heterocycles. The first-order valence-electron chi connectivity index (χ1n) is 12.3. The van der Waals surface area contributed by atoms with Crippen LogP contribution in [0.4, 0.5) is 4.79 Å². The van der Waals surface area contributed by atoms with Gasteiger partial charge in [0.1, 0.15) is 29.0 Å². The highest BCUT2D eigenvalue weighted by Gasteiger charge is 2.32. The third kappa shape index (κ3) is 10.3. The second-order valence-corrected chi connectivity index (χ2v) is 12.0. The summed E-state index contributed by atoms with van der Waals surface area (Å²) in [6, 6.07) is 4.24. The van der Waals surface area contributed by atoms with Gasteiger partial charge in [-0.2, -0.15) is 8.42 Å². The van der Waals surface area contributed by atoms with Crippen molar-refractivity contribution in [2.45, 2.75) is 44.2 Å². The van der Waals surface area contributed by atoms with E-state index in [1.54, 1.807) is 32.9 Å². The average molecular weight is 675 g/mol. The van der Waals surface area contributed by atoms with Crippen molar-refractivity contribution in [3.05, 3.63) is 62.8 Å². The van der Waals surface area contributed by atoms with Crippen molar-refractivity contribution in [2.75, 3.05) is 34.0 Å². The van der Waals surface area contributed by atoms with E-state index in [-0.39, 0.29) is 30.5 Å². The molecule has 1 aromatic carbocycles. The number of H-pyrrole nitrogens is 1. The fourth-order valence-corrected chi connectivity index (χ4v) is 4.30. The standard InChI is InChI=1S/C26H32BrN3O11S/c1-16(31)39-14-8-7-13-38-15-19(30(5)25(34)40-26(2,3)4)22-28-20(24(33)37-6)21(23(32)29-22)41-42(35,36)18-11-9-17(27)10-12-18/h7-12,19H,13-15H2,1-6H3,(H,28,29,32)/b8-7-. The fourth-order valence-electron chi connectivity index (χ4n) is 3.09. The van der Waals surface area contributed by atoms with Crippen molar-refractivity contribution >= 4 is 44.1 Å². The summed E-state index contributed by atoms with van der Waals surface area (Å²) in [7, 11) is -2.20. The van der Waals surface area contributed by atoms with Crippen molar-refractivity contribution in [3.63, 3.8) is 0 Å². The molecular weight excluding hydrogens is 642 g/mol. The molecule has 1 N–H and O–H groups in total. The number of aromatic nitrogens is 2. The molecule has 0 bridgehead atoms. The van der Waals surface area contributed by atoms with E-state index in [1.165, 1.54) is 38.2 Å². The molecule has 0 aliphatic rings. The molecule has 1 unspecified atom stereocenters. The first-order chi connectivity index (χ1) is 19.6. The van der Waals surface area contributed by atoms with Crippen molar-refractivity contribution in [3.8, 4) is 5.75 Å². The lowest BCUT2D eigenvalue weighted by Crippen LogP contribution is -2.40. The zero-order valence-electron chi connectivity index (χ0n) is 23.8. The summed E-state index contributed by atoms with van der Waals surface area (Å²) in [6.07, 6.45) is 2.30. The molecule has 16 heteroatoms. The van der Waals surface area contributed by atoms with Crippen molar-refractivity contribution < 1.29 is 45.9 Å². The van der Waals surface area contributed by atoms with Crippen LogP contribution < -0.4 is 9.74 Å². The van der Waals surface area contributed by atoms with Crippen LogP contribution in [0.3, 0.4) is 0 Å². The summed E-state index contributed by atoms with van der Waals surface area (Å²) in [5, 5.41) is 0. The predicted molar refractivity (Wildman–Crippen MR) is 151 cm³/mol. The number of halogens is 1. The van der Waals surface area contributed by atoms with Crippen molar-refractivity contribution in [2.24, 2.45) is 0 Å². The van der Waals surface area contributed by atoms with Gasteiger partial charge in [-0.25, -0.2) is 14.6 Å². The molecule has 14 nitrogen and oxygen atoms in total. The summed E-state index contributed by atoms with van der Waals surface area (Å²) >= 11 is 3.20. The van der Waals surface area contributed by atoms with E-state index in [0.29, 0.717) is 4.47 Å². The number of amides is 1. The summed E-state index contributed by atoms with van der Waals surface area (Å²) < 4.78 is 51.9. The van der Waals surface area contributed by atoms with E-state index in [0.717, 1.165) is 12.0 Å². The molecule has 1 aromatic heterocycles. The Balaban J connectivity index is 2.49. The summed E-state index contributed by atoms with van der Waals surface area (Å²) in [5.41, 5.74) is -2.75. The third-order valence-corrected chi connectivity index (χ3v) is 6.84. The molecule has 2 aromatic rings. The molecule has 0 saturated carbocycles. The molecule has 230 valence electrons. The average Bonchev–Trinajstić information content (AvgIpc) is 2.89. The maximum atomic E-state index is 13.1. The normalized spacial score (nSPS) is 12.5. The fraction of sp³-hybridized carbons (Fsp3) is 0.423. The van der Waals surface area contributed by atoms with Gasteiger partial charge in [-0.15, -0.1) is 0 Å². The van der Waals surface area contributed by atoms with Gasteiger partial charge in [0, 0.05) is 18.4 Å². The number of hydrogen-bond acceptors (Lipinski definition) is 12. The van der Waals surface area contributed by atoms with Crippen LogP contribution in [0.25, 0.3) is 0 Å². The van der Waals surface area contributed by atoms with Crippen molar-refractivity contribution in [1.29, 1.82) is 0 Å². The van der Waals surface area contributed by atoms with Crippen LogP contribution in [0.2, 0.25) is 0 Å². The van der Waals surface area contributed by atoms with Gasteiger partial charge in [-0.3, -0.25) is 14.5 Å². The topological polar surface area (TPSA) is 180 Å². The van der Waals surface area contributed by atoms with Crippen LogP contribution in [-0.4, -0.2) is 80.9 Å². The van der Waals surface area contributed by atoms with Gasteiger partial charge in [0.25, 0.3) is 5.56 Å². The monoisotopic (exact) mass is 673 g/mol. The Morgan fingerprint density at radius 2 is 1.74 bits per heavy atom.